The number of ether oxygens (including phenoxy) is 1. The first-order valence-electron chi connectivity index (χ1n) is 5.99. The summed E-state index contributed by atoms with van der Waals surface area (Å²) in [5.74, 6) is -1.20. The van der Waals surface area contributed by atoms with Crippen LogP contribution in [0.5, 0.6) is 0 Å². The first-order chi connectivity index (χ1) is 8.83. The molecule has 0 radical (unpaired) electrons. The van der Waals surface area contributed by atoms with Gasteiger partial charge in [0.2, 0.25) is 5.91 Å². The zero-order valence-electron chi connectivity index (χ0n) is 10.6. The number of carbonyl (C=O) groups excluding carboxylic acids is 2. The highest BCUT2D eigenvalue weighted by molar-refractivity contribution is 5.80. The number of methoxy groups -OCH3 is 1. The maximum absolute atomic E-state index is 12.0. The molecular formula is C11H17F3N2O3. The lowest BCUT2D eigenvalue weighted by Crippen LogP contribution is -2.50. The van der Waals surface area contributed by atoms with E-state index in [1.807, 2.05) is 0 Å². The number of alkyl halides is 3. The highest BCUT2D eigenvalue weighted by Gasteiger charge is 2.32. The van der Waals surface area contributed by atoms with E-state index in [2.05, 4.69) is 4.74 Å². The van der Waals surface area contributed by atoms with Gasteiger partial charge in [0, 0.05) is 0 Å². The van der Waals surface area contributed by atoms with E-state index < -0.39 is 30.6 Å². The van der Waals surface area contributed by atoms with Gasteiger partial charge in [-0.15, -0.1) is 0 Å². The zero-order chi connectivity index (χ0) is 14.5. The molecular weight excluding hydrogens is 265 g/mol. The predicted octanol–water partition coefficient (Wildman–Crippen LogP) is 0.692. The van der Waals surface area contributed by atoms with Gasteiger partial charge in [-0.25, -0.2) is 0 Å². The van der Waals surface area contributed by atoms with Crippen LogP contribution in [0.25, 0.3) is 0 Å². The lowest BCUT2D eigenvalue weighted by atomic mass is 10.0. The van der Waals surface area contributed by atoms with Gasteiger partial charge >= 0.3 is 12.1 Å². The number of nitrogens with one attached hydrogen (secondary N) is 1. The average Bonchev–Trinajstić information content (AvgIpc) is 2.35. The van der Waals surface area contributed by atoms with Crippen molar-refractivity contribution in [3.05, 3.63) is 0 Å². The minimum Gasteiger partial charge on any atom is -0.468 e. The summed E-state index contributed by atoms with van der Waals surface area (Å²) in [7, 11) is 1.25. The standard InChI is InChI=1S/C11H17F3N2O3/c1-19-10(18)8-4-2-3-5-16(8)6-9(17)15-7-11(12,13)14/h8H,2-7H2,1H3,(H,15,17). The second-order valence-electron chi connectivity index (χ2n) is 4.40. The largest absolute Gasteiger partial charge is 0.468 e. The Morgan fingerprint density at radius 3 is 2.63 bits per heavy atom. The maximum atomic E-state index is 12.0. The summed E-state index contributed by atoms with van der Waals surface area (Å²) < 4.78 is 40.5. The van der Waals surface area contributed by atoms with E-state index in [0.717, 1.165) is 12.8 Å². The van der Waals surface area contributed by atoms with Crippen molar-refractivity contribution in [2.24, 2.45) is 0 Å². The fraction of sp³-hybridized carbons (Fsp3) is 0.818. The topological polar surface area (TPSA) is 58.6 Å². The molecule has 0 aromatic heterocycles. The number of esters is 1. The molecule has 1 rings (SSSR count). The van der Waals surface area contributed by atoms with E-state index in [4.69, 9.17) is 0 Å². The molecule has 1 heterocycles. The fourth-order valence-electron chi connectivity index (χ4n) is 2.02. The van der Waals surface area contributed by atoms with E-state index in [0.29, 0.717) is 13.0 Å². The highest BCUT2D eigenvalue weighted by atomic mass is 19.4. The summed E-state index contributed by atoms with van der Waals surface area (Å²) in [6, 6.07) is -0.546. The molecule has 1 unspecified atom stereocenters. The number of piperidine rings is 1. The summed E-state index contributed by atoms with van der Waals surface area (Å²) >= 11 is 0. The molecule has 8 heteroatoms. The third-order valence-corrected chi connectivity index (χ3v) is 2.92. The average molecular weight is 282 g/mol. The number of amides is 1. The quantitative estimate of drug-likeness (QED) is 0.771. The Morgan fingerprint density at radius 1 is 1.37 bits per heavy atom. The first-order valence-corrected chi connectivity index (χ1v) is 5.99. The molecule has 1 N–H and O–H groups in total. The Hall–Kier alpha value is -1.31. The Kier molecular flexibility index (Phi) is 5.59. The third kappa shape index (κ3) is 5.46. The maximum Gasteiger partial charge on any atom is 0.405 e. The number of nitrogens with zero attached hydrogens (tertiary/aromatic N) is 1. The lowest BCUT2D eigenvalue weighted by molar-refractivity contribution is -0.150. The molecule has 1 fully saturated rings. The number of hydrogen-bond donors (Lipinski definition) is 1. The first kappa shape index (κ1) is 15.7. The van der Waals surface area contributed by atoms with E-state index >= 15 is 0 Å². The number of halogens is 3. The summed E-state index contributed by atoms with van der Waals surface area (Å²) in [6.45, 7) is -1.09. The SMILES string of the molecule is COC(=O)C1CCCCN1CC(=O)NCC(F)(F)F. The Balaban J connectivity index is 2.48. The van der Waals surface area contributed by atoms with Gasteiger partial charge in [0.1, 0.15) is 12.6 Å². The molecule has 0 saturated carbocycles. The van der Waals surface area contributed by atoms with Crippen molar-refractivity contribution in [2.45, 2.75) is 31.5 Å². The number of hydrogen-bond acceptors (Lipinski definition) is 4. The monoisotopic (exact) mass is 282 g/mol. The molecule has 5 nitrogen and oxygen atoms in total. The fourth-order valence-corrected chi connectivity index (χ4v) is 2.02. The second-order valence-corrected chi connectivity index (χ2v) is 4.40. The third-order valence-electron chi connectivity index (χ3n) is 2.92. The van der Waals surface area contributed by atoms with Crippen LogP contribution in [0.3, 0.4) is 0 Å². The lowest BCUT2D eigenvalue weighted by Gasteiger charge is -2.33. The second kappa shape index (κ2) is 6.74. The minimum atomic E-state index is -4.43. The smallest absolute Gasteiger partial charge is 0.405 e. The summed E-state index contributed by atoms with van der Waals surface area (Å²) in [6.07, 6.45) is -2.24. The van der Waals surface area contributed by atoms with Crippen LogP contribution in [0.2, 0.25) is 0 Å². The van der Waals surface area contributed by atoms with E-state index in [9.17, 15) is 22.8 Å². The molecule has 0 aromatic rings. The van der Waals surface area contributed by atoms with Gasteiger partial charge < -0.3 is 10.1 Å². The molecule has 0 aliphatic carbocycles. The Bertz CT molecular complexity index is 334. The molecule has 1 aliphatic rings. The van der Waals surface area contributed by atoms with Gasteiger partial charge in [0.05, 0.1) is 13.7 Å². The summed E-state index contributed by atoms with van der Waals surface area (Å²) in [4.78, 5) is 24.5. The van der Waals surface area contributed by atoms with Crippen molar-refractivity contribution < 1.29 is 27.5 Å². The van der Waals surface area contributed by atoms with Crippen molar-refractivity contribution in [3.63, 3.8) is 0 Å². The molecule has 0 spiro atoms. The normalized spacial score (nSPS) is 20.9. The van der Waals surface area contributed by atoms with Crippen LogP contribution >= 0.6 is 0 Å². The highest BCUT2D eigenvalue weighted by Crippen LogP contribution is 2.18. The van der Waals surface area contributed by atoms with Crippen LogP contribution in [0.15, 0.2) is 0 Å². The van der Waals surface area contributed by atoms with Crippen LogP contribution in [0, 0.1) is 0 Å². The Morgan fingerprint density at radius 2 is 2.05 bits per heavy atom. The van der Waals surface area contributed by atoms with Crippen molar-refractivity contribution >= 4 is 11.9 Å². The Labute approximate surface area is 109 Å². The van der Waals surface area contributed by atoms with Gasteiger partial charge in [0.15, 0.2) is 0 Å². The molecule has 1 amide bonds. The number of carbonyl (C=O) groups is 2. The van der Waals surface area contributed by atoms with Gasteiger partial charge in [0.25, 0.3) is 0 Å². The van der Waals surface area contributed by atoms with Gasteiger partial charge in [-0.05, 0) is 19.4 Å². The van der Waals surface area contributed by atoms with E-state index in [-0.39, 0.29) is 6.54 Å². The summed E-state index contributed by atoms with van der Waals surface area (Å²) in [5.41, 5.74) is 0. The van der Waals surface area contributed by atoms with Gasteiger partial charge in [-0.2, -0.15) is 13.2 Å². The van der Waals surface area contributed by atoms with Crippen LogP contribution in [0.1, 0.15) is 19.3 Å². The van der Waals surface area contributed by atoms with Crippen LogP contribution < -0.4 is 5.32 Å². The van der Waals surface area contributed by atoms with Crippen LogP contribution in [-0.4, -0.2) is 55.7 Å². The van der Waals surface area contributed by atoms with Gasteiger partial charge in [-0.1, -0.05) is 6.42 Å². The van der Waals surface area contributed by atoms with Gasteiger partial charge in [-0.3, -0.25) is 14.5 Å². The van der Waals surface area contributed by atoms with Crippen molar-refractivity contribution in [2.75, 3.05) is 26.7 Å². The van der Waals surface area contributed by atoms with Crippen molar-refractivity contribution in [1.82, 2.24) is 10.2 Å². The van der Waals surface area contributed by atoms with Crippen molar-refractivity contribution in [1.29, 1.82) is 0 Å². The molecule has 1 aliphatic heterocycles. The molecule has 0 aromatic carbocycles. The zero-order valence-corrected chi connectivity index (χ0v) is 10.6. The minimum absolute atomic E-state index is 0.226. The van der Waals surface area contributed by atoms with Crippen LogP contribution in [0.4, 0.5) is 13.2 Å². The molecule has 0 bridgehead atoms. The number of likely N-dealkylation sites (tertiary alicyclic amines) is 1. The van der Waals surface area contributed by atoms with Crippen molar-refractivity contribution in [3.8, 4) is 0 Å². The van der Waals surface area contributed by atoms with E-state index in [1.54, 1.807) is 10.2 Å². The van der Waals surface area contributed by atoms with Crippen LogP contribution in [-0.2, 0) is 14.3 Å². The molecule has 110 valence electrons. The number of rotatable bonds is 4. The summed E-state index contributed by atoms with van der Waals surface area (Å²) in [5, 5.41) is 1.79. The predicted molar refractivity (Wildman–Crippen MR) is 60.3 cm³/mol. The molecule has 19 heavy (non-hydrogen) atoms. The van der Waals surface area contributed by atoms with E-state index in [1.165, 1.54) is 7.11 Å². The molecule has 1 atom stereocenters. The molecule has 1 saturated heterocycles.